The Balaban J connectivity index is 2.55. The summed E-state index contributed by atoms with van der Waals surface area (Å²) >= 11 is 0. The molecule has 0 aliphatic heterocycles. The average Bonchev–Trinajstić information content (AvgIpc) is 2.36. The van der Waals surface area contributed by atoms with E-state index in [4.69, 9.17) is 4.74 Å². The van der Waals surface area contributed by atoms with E-state index in [0.717, 1.165) is 5.56 Å². The van der Waals surface area contributed by atoms with E-state index in [0.29, 0.717) is 18.6 Å². The standard InChI is InChI=1S/C16H22O4/c1-16(2,3)15(19)10-12(17)7-5-11-6-8-13(18)14(9-11)20-4/h6,8-9,18H,5,7,10H2,1-4H3. The number of hydrogen-bond donors (Lipinski definition) is 1. The summed E-state index contributed by atoms with van der Waals surface area (Å²) in [6, 6.07) is 4.99. The van der Waals surface area contributed by atoms with Gasteiger partial charge in [-0.2, -0.15) is 0 Å². The Labute approximate surface area is 119 Å². The summed E-state index contributed by atoms with van der Waals surface area (Å²) in [5, 5.41) is 9.48. The van der Waals surface area contributed by atoms with Gasteiger partial charge in [0.25, 0.3) is 0 Å². The maximum Gasteiger partial charge on any atom is 0.160 e. The zero-order valence-electron chi connectivity index (χ0n) is 12.5. The van der Waals surface area contributed by atoms with E-state index in [-0.39, 0.29) is 23.7 Å². The quantitative estimate of drug-likeness (QED) is 0.813. The van der Waals surface area contributed by atoms with Crippen LogP contribution in [-0.2, 0) is 16.0 Å². The average molecular weight is 278 g/mol. The molecule has 0 fully saturated rings. The van der Waals surface area contributed by atoms with Crippen LogP contribution in [0.25, 0.3) is 0 Å². The van der Waals surface area contributed by atoms with Crippen LogP contribution in [0, 0.1) is 5.41 Å². The number of Topliss-reactive ketones (excluding diaryl/α,β-unsaturated/α-hetero) is 2. The Morgan fingerprint density at radius 2 is 1.90 bits per heavy atom. The molecule has 0 heterocycles. The summed E-state index contributed by atoms with van der Waals surface area (Å²) in [5.74, 6) is 0.369. The molecule has 0 amide bonds. The van der Waals surface area contributed by atoms with E-state index < -0.39 is 5.41 Å². The number of hydrogen-bond acceptors (Lipinski definition) is 4. The Kier molecular flexibility index (Phi) is 5.31. The molecule has 4 nitrogen and oxygen atoms in total. The zero-order chi connectivity index (χ0) is 15.3. The number of methoxy groups -OCH3 is 1. The zero-order valence-corrected chi connectivity index (χ0v) is 12.5. The maximum absolute atomic E-state index is 11.8. The van der Waals surface area contributed by atoms with E-state index in [1.807, 2.05) is 20.8 Å². The highest BCUT2D eigenvalue weighted by Crippen LogP contribution is 2.27. The third kappa shape index (κ3) is 4.68. The highest BCUT2D eigenvalue weighted by Gasteiger charge is 2.23. The van der Waals surface area contributed by atoms with Gasteiger partial charge in [-0.3, -0.25) is 9.59 Å². The Morgan fingerprint density at radius 3 is 2.45 bits per heavy atom. The minimum absolute atomic E-state index is 0.0152. The van der Waals surface area contributed by atoms with E-state index >= 15 is 0 Å². The monoisotopic (exact) mass is 278 g/mol. The van der Waals surface area contributed by atoms with Crippen molar-refractivity contribution in [2.24, 2.45) is 5.41 Å². The molecule has 0 spiro atoms. The van der Waals surface area contributed by atoms with Gasteiger partial charge in [0.1, 0.15) is 11.6 Å². The number of carbonyl (C=O) groups excluding carboxylic acids is 2. The predicted octanol–water partition coefficient (Wildman–Crippen LogP) is 2.91. The van der Waals surface area contributed by atoms with Crippen LogP contribution in [0.15, 0.2) is 18.2 Å². The molecule has 0 bridgehead atoms. The van der Waals surface area contributed by atoms with Crippen molar-refractivity contribution in [3.63, 3.8) is 0 Å². The second-order valence-corrected chi connectivity index (χ2v) is 5.89. The minimum atomic E-state index is -0.475. The van der Waals surface area contributed by atoms with Crippen LogP contribution in [0.1, 0.15) is 39.2 Å². The normalized spacial score (nSPS) is 11.2. The molecular weight excluding hydrogens is 256 g/mol. The van der Waals surface area contributed by atoms with Crippen molar-refractivity contribution in [2.75, 3.05) is 7.11 Å². The van der Waals surface area contributed by atoms with Gasteiger partial charge in [0.2, 0.25) is 0 Å². The number of carbonyl (C=O) groups is 2. The van der Waals surface area contributed by atoms with Crippen LogP contribution in [0.5, 0.6) is 11.5 Å². The molecule has 0 saturated heterocycles. The first-order valence-corrected chi connectivity index (χ1v) is 6.65. The van der Waals surface area contributed by atoms with Gasteiger partial charge in [-0.15, -0.1) is 0 Å². The first-order valence-electron chi connectivity index (χ1n) is 6.65. The molecule has 0 aliphatic carbocycles. The summed E-state index contributed by atoms with van der Waals surface area (Å²) in [4.78, 5) is 23.6. The fourth-order valence-corrected chi connectivity index (χ4v) is 1.69. The number of benzene rings is 1. The van der Waals surface area contributed by atoms with Gasteiger partial charge in [-0.1, -0.05) is 26.8 Å². The maximum atomic E-state index is 11.8. The van der Waals surface area contributed by atoms with Crippen LogP contribution in [0.3, 0.4) is 0 Å². The number of aryl methyl sites for hydroxylation is 1. The first kappa shape index (κ1) is 16.2. The van der Waals surface area contributed by atoms with Gasteiger partial charge in [-0.05, 0) is 24.1 Å². The van der Waals surface area contributed by atoms with Crippen molar-refractivity contribution in [3.05, 3.63) is 23.8 Å². The first-order chi connectivity index (χ1) is 9.24. The summed E-state index contributed by atoms with van der Waals surface area (Å²) in [6.07, 6.45) is 0.835. The number of phenolic OH excluding ortho intramolecular Hbond substituents is 1. The molecule has 20 heavy (non-hydrogen) atoms. The number of ketones is 2. The van der Waals surface area contributed by atoms with Crippen molar-refractivity contribution in [1.82, 2.24) is 0 Å². The second kappa shape index (κ2) is 6.55. The molecule has 1 aromatic rings. The van der Waals surface area contributed by atoms with Gasteiger partial charge < -0.3 is 9.84 Å². The molecule has 0 unspecified atom stereocenters. The molecule has 1 N–H and O–H groups in total. The van der Waals surface area contributed by atoms with Crippen LogP contribution in [-0.4, -0.2) is 23.8 Å². The lowest BCUT2D eigenvalue weighted by atomic mass is 9.87. The molecule has 0 aromatic heterocycles. The lowest BCUT2D eigenvalue weighted by molar-refractivity contribution is -0.131. The topological polar surface area (TPSA) is 63.6 Å². The van der Waals surface area contributed by atoms with Crippen LogP contribution >= 0.6 is 0 Å². The lowest BCUT2D eigenvalue weighted by Crippen LogP contribution is -2.23. The molecule has 0 atom stereocenters. The van der Waals surface area contributed by atoms with Gasteiger partial charge >= 0.3 is 0 Å². The SMILES string of the molecule is COc1cc(CCC(=O)CC(=O)C(C)(C)C)ccc1O. The van der Waals surface area contributed by atoms with Gasteiger partial charge in [0, 0.05) is 11.8 Å². The molecule has 4 heteroatoms. The van der Waals surface area contributed by atoms with E-state index in [1.54, 1.807) is 18.2 Å². The second-order valence-electron chi connectivity index (χ2n) is 5.89. The predicted molar refractivity (Wildman–Crippen MR) is 77.1 cm³/mol. The van der Waals surface area contributed by atoms with Crippen molar-refractivity contribution < 1.29 is 19.4 Å². The van der Waals surface area contributed by atoms with Crippen molar-refractivity contribution >= 4 is 11.6 Å². The summed E-state index contributed by atoms with van der Waals surface area (Å²) in [6.45, 7) is 5.44. The highest BCUT2D eigenvalue weighted by atomic mass is 16.5. The van der Waals surface area contributed by atoms with Gasteiger partial charge in [0.15, 0.2) is 11.5 Å². The summed E-state index contributed by atoms with van der Waals surface area (Å²) in [7, 11) is 1.48. The molecule has 0 aliphatic rings. The number of ether oxygens (including phenoxy) is 1. The van der Waals surface area contributed by atoms with Crippen molar-refractivity contribution in [3.8, 4) is 11.5 Å². The minimum Gasteiger partial charge on any atom is -0.504 e. The Morgan fingerprint density at radius 1 is 1.25 bits per heavy atom. The third-order valence-corrected chi connectivity index (χ3v) is 3.13. The number of phenols is 1. The van der Waals surface area contributed by atoms with E-state index in [1.165, 1.54) is 7.11 Å². The highest BCUT2D eigenvalue weighted by molar-refractivity contribution is 6.01. The van der Waals surface area contributed by atoms with Crippen LogP contribution < -0.4 is 4.74 Å². The third-order valence-electron chi connectivity index (χ3n) is 3.13. The van der Waals surface area contributed by atoms with Crippen LogP contribution in [0.2, 0.25) is 0 Å². The molecule has 110 valence electrons. The fraction of sp³-hybridized carbons (Fsp3) is 0.500. The van der Waals surface area contributed by atoms with Gasteiger partial charge in [0.05, 0.1) is 13.5 Å². The summed E-state index contributed by atoms with van der Waals surface area (Å²) in [5.41, 5.74) is 0.424. The van der Waals surface area contributed by atoms with Crippen molar-refractivity contribution in [1.29, 1.82) is 0 Å². The molecule has 0 saturated carbocycles. The molecule has 1 aromatic carbocycles. The fourth-order valence-electron chi connectivity index (χ4n) is 1.69. The molecular formula is C16H22O4. The van der Waals surface area contributed by atoms with Gasteiger partial charge in [-0.25, -0.2) is 0 Å². The number of rotatable bonds is 6. The van der Waals surface area contributed by atoms with Crippen LogP contribution in [0.4, 0.5) is 0 Å². The smallest absolute Gasteiger partial charge is 0.160 e. The van der Waals surface area contributed by atoms with Crippen molar-refractivity contribution in [2.45, 2.75) is 40.0 Å². The summed E-state index contributed by atoms with van der Waals surface area (Å²) < 4.78 is 5.01. The molecule has 0 radical (unpaired) electrons. The Bertz CT molecular complexity index is 498. The lowest BCUT2D eigenvalue weighted by Gasteiger charge is -2.15. The molecule has 1 rings (SSSR count). The Hall–Kier alpha value is -1.84. The van der Waals surface area contributed by atoms with E-state index in [2.05, 4.69) is 0 Å². The largest absolute Gasteiger partial charge is 0.504 e. The van der Waals surface area contributed by atoms with E-state index in [9.17, 15) is 14.7 Å². The number of aromatic hydroxyl groups is 1.